The molecule has 0 spiro atoms. The predicted octanol–water partition coefficient (Wildman–Crippen LogP) is 0.907. The number of nitrogens with two attached hydrogens (primary N) is 1. The molecule has 0 radical (unpaired) electrons. The minimum Gasteiger partial charge on any atom is -0.480 e. The van der Waals surface area contributed by atoms with Crippen molar-refractivity contribution in [2.75, 3.05) is 0 Å². The van der Waals surface area contributed by atoms with Crippen LogP contribution in [0.5, 0.6) is 0 Å². The Bertz CT molecular complexity index is 557. The van der Waals surface area contributed by atoms with Crippen LogP contribution in [-0.2, 0) is 14.4 Å². The third-order valence-corrected chi connectivity index (χ3v) is 3.06. The van der Waals surface area contributed by atoms with E-state index < -0.39 is 30.2 Å². The third-order valence-electron chi connectivity index (χ3n) is 2.34. The number of halogens is 1. The van der Waals surface area contributed by atoms with E-state index in [1.807, 2.05) is 12.1 Å². The Kier molecular flexibility index (Phi) is 5.92. The van der Waals surface area contributed by atoms with Crippen LogP contribution >= 0.6 is 15.9 Å². The van der Waals surface area contributed by atoms with E-state index in [0.29, 0.717) is 0 Å². The van der Waals surface area contributed by atoms with E-state index in [-0.39, 0.29) is 0 Å². The molecule has 1 aromatic carbocycles. The van der Waals surface area contributed by atoms with Gasteiger partial charge in [-0.1, -0.05) is 34.1 Å². The quantitative estimate of drug-likeness (QED) is 0.668. The maximum Gasteiger partial charge on any atom is 0.326 e. The fourth-order valence-corrected chi connectivity index (χ4v) is 1.81. The number of carboxylic acids is 1. The fraction of sp³-hybridized carbons (Fsp3) is 0.154. The van der Waals surface area contributed by atoms with Crippen molar-refractivity contribution in [1.82, 2.24) is 5.32 Å². The highest BCUT2D eigenvalue weighted by Gasteiger charge is 2.20. The Hall–Kier alpha value is -2.15. The number of hydrogen-bond donors (Lipinski definition) is 3. The second kappa shape index (κ2) is 7.44. The molecule has 1 rings (SSSR count). The summed E-state index contributed by atoms with van der Waals surface area (Å²) < 4.78 is 0.802. The fourth-order valence-electron chi connectivity index (χ4n) is 1.40. The van der Waals surface area contributed by atoms with E-state index in [4.69, 9.17) is 10.8 Å². The predicted molar refractivity (Wildman–Crippen MR) is 76.6 cm³/mol. The monoisotopic (exact) mass is 340 g/mol. The van der Waals surface area contributed by atoms with Crippen molar-refractivity contribution in [2.24, 2.45) is 5.73 Å². The van der Waals surface area contributed by atoms with Crippen LogP contribution in [-0.4, -0.2) is 28.9 Å². The molecule has 7 heteroatoms. The lowest BCUT2D eigenvalue weighted by Crippen LogP contribution is -2.42. The van der Waals surface area contributed by atoms with Crippen LogP contribution in [0.2, 0.25) is 0 Å². The van der Waals surface area contributed by atoms with Gasteiger partial charge in [0, 0.05) is 10.5 Å². The molecule has 1 atom stereocenters. The summed E-state index contributed by atoms with van der Waals surface area (Å²) in [6.45, 7) is 0. The summed E-state index contributed by atoms with van der Waals surface area (Å²) in [4.78, 5) is 33.1. The van der Waals surface area contributed by atoms with E-state index in [2.05, 4.69) is 21.2 Å². The molecule has 0 heterocycles. The van der Waals surface area contributed by atoms with Gasteiger partial charge in [0.1, 0.15) is 6.04 Å². The number of primary amides is 1. The lowest BCUT2D eigenvalue weighted by molar-refractivity contribution is -0.142. The average Bonchev–Trinajstić information content (AvgIpc) is 2.36. The van der Waals surface area contributed by atoms with Gasteiger partial charge in [0.15, 0.2) is 0 Å². The number of carbonyl (C=O) groups excluding carboxylic acids is 2. The number of hydrogen-bond acceptors (Lipinski definition) is 3. The Morgan fingerprint density at radius 1 is 1.35 bits per heavy atom. The minimum absolute atomic E-state index is 0.454. The molecule has 4 N–H and O–H groups in total. The molecule has 0 bridgehead atoms. The maximum absolute atomic E-state index is 11.6. The number of nitrogens with one attached hydrogen (secondary N) is 1. The Morgan fingerprint density at radius 3 is 2.55 bits per heavy atom. The van der Waals surface area contributed by atoms with Gasteiger partial charge in [-0.25, -0.2) is 4.79 Å². The molecule has 0 unspecified atom stereocenters. The molecule has 2 amide bonds. The molecule has 20 heavy (non-hydrogen) atoms. The molecule has 0 saturated carbocycles. The first kappa shape index (κ1) is 15.9. The third kappa shape index (κ3) is 5.23. The molecule has 0 fully saturated rings. The van der Waals surface area contributed by atoms with E-state index in [0.717, 1.165) is 10.0 Å². The highest BCUT2D eigenvalue weighted by molar-refractivity contribution is 9.10. The normalized spacial score (nSPS) is 12.1. The van der Waals surface area contributed by atoms with Crippen LogP contribution < -0.4 is 11.1 Å². The van der Waals surface area contributed by atoms with Crippen LogP contribution in [0.1, 0.15) is 12.0 Å². The number of carbonyl (C=O) groups is 3. The largest absolute Gasteiger partial charge is 0.480 e. The molecular formula is C13H13BrN2O4. The summed E-state index contributed by atoms with van der Waals surface area (Å²) in [5.41, 5.74) is 5.68. The first-order valence-electron chi connectivity index (χ1n) is 5.64. The zero-order valence-electron chi connectivity index (χ0n) is 10.4. The molecule has 0 aliphatic heterocycles. The highest BCUT2D eigenvalue weighted by atomic mass is 79.9. The number of aliphatic carboxylic acids is 1. The van der Waals surface area contributed by atoms with Crippen molar-refractivity contribution in [3.05, 3.63) is 40.4 Å². The number of amides is 2. The molecule has 0 saturated heterocycles. The number of benzene rings is 1. The number of rotatable bonds is 6. The van der Waals surface area contributed by atoms with Crippen molar-refractivity contribution in [3.63, 3.8) is 0 Å². The summed E-state index contributed by atoms with van der Waals surface area (Å²) in [5.74, 6) is -2.73. The molecule has 0 aliphatic carbocycles. The van der Waals surface area contributed by atoms with Gasteiger partial charge >= 0.3 is 5.97 Å². The van der Waals surface area contributed by atoms with E-state index in [1.54, 1.807) is 12.1 Å². The molecule has 0 aromatic heterocycles. The molecule has 0 aliphatic rings. The Labute approximate surface area is 123 Å². The lowest BCUT2D eigenvalue weighted by atomic mass is 10.2. The summed E-state index contributed by atoms with van der Waals surface area (Å²) in [6.07, 6.45) is 2.27. The van der Waals surface area contributed by atoms with E-state index in [9.17, 15) is 14.4 Å². The van der Waals surface area contributed by atoms with Gasteiger partial charge in [0.2, 0.25) is 11.8 Å². The van der Waals surface area contributed by atoms with Gasteiger partial charge in [-0.2, -0.15) is 0 Å². The summed E-state index contributed by atoms with van der Waals surface area (Å²) in [6, 6.07) is 5.89. The van der Waals surface area contributed by atoms with Gasteiger partial charge < -0.3 is 16.2 Å². The van der Waals surface area contributed by atoms with Gasteiger partial charge in [-0.3, -0.25) is 9.59 Å². The average molecular weight is 341 g/mol. The van der Waals surface area contributed by atoms with Crippen molar-refractivity contribution in [1.29, 1.82) is 0 Å². The lowest BCUT2D eigenvalue weighted by Gasteiger charge is -2.10. The second-order valence-electron chi connectivity index (χ2n) is 3.92. The smallest absolute Gasteiger partial charge is 0.326 e. The van der Waals surface area contributed by atoms with Gasteiger partial charge in [-0.15, -0.1) is 0 Å². The van der Waals surface area contributed by atoms with E-state index in [1.165, 1.54) is 12.2 Å². The van der Waals surface area contributed by atoms with Crippen molar-refractivity contribution in [3.8, 4) is 0 Å². The van der Waals surface area contributed by atoms with Crippen molar-refractivity contribution >= 4 is 39.8 Å². The maximum atomic E-state index is 11.6. The van der Waals surface area contributed by atoms with E-state index >= 15 is 0 Å². The van der Waals surface area contributed by atoms with Crippen LogP contribution in [0.4, 0.5) is 0 Å². The first-order chi connectivity index (χ1) is 9.40. The van der Waals surface area contributed by atoms with Crippen LogP contribution in [0.3, 0.4) is 0 Å². The first-order valence-corrected chi connectivity index (χ1v) is 6.43. The van der Waals surface area contributed by atoms with Gasteiger partial charge in [-0.05, 0) is 17.7 Å². The Morgan fingerprint density at radius 2 is 2.00 bits per heavy atom. The standard InChI is InChI=1S/C13H13BrN2O4/c14-9-4-2-1-3-8(9)5-6-12(18)16-10(13(19)20)7-11(15)17/h1-6,10H,7H2,(H2,15,17)(H,16,18)(H,19,20)/b6-5+/t10-/m1/s1. The van der Waals surface area contributed by atoms with Crippen LogP contribution in [0.25, 0.3) is 6.08 Å². The molecular weight excluding hydrogens is 328 g/mol. The Balaban J connectivity index is 2.69. The minimum atomic E-state index is -1.33. The summed E-state index contributed by atoms with van der Waals surface area (Å²) in [5, 5.41) is 11.0. The molecule has 6 nitrogen and oxygen atoms in total. The highest BCUT2D eigenvalue weighted by Crippen LogP contribution is 2.16. The SMILES string of the molecule is NC(=O)C[C@@H](NC(=O)/C=C/c1ccccc1Br)C(=O)O. The summed E-state index contributed by atoms with van der Waals surface area (Å²) in [7, 11) is 0. The van der Waals surface area contributed by atoms with Gasteiger partial charge in [0.05, 0.1) is 6.42 Å². The van der Waals surface area contributed by atoms with Gasteiger partial charge in [0.25, 0.3) is 0 Å². The van der Waals surface area contributed by atoms with Crippen LogP contribution in [0.15, 0.2) is 34.8 Å². The zero-order chi connectivity index (χ0) is 15.1. The topological polar surface area (TPSA) is 109 Å². The summed E-state index contributed by atoms with van der Waals surface area (Å²) >= 11 is 3.31. The molecule has 106 valence electrons. The van der Waals surface area contributed by atoms with Crippen molar-refractivity contribution in [2.45, 2.75) is 12.5 Å². The zero-order valence-corrected chi connectivity index (χ0v) is 12.0. The van der Waals surface area contributed by atoms with Crippen molar-refractivity contribution < 1.29 is 19.5 Å². The second-order valence-corrected chi connectivity index (χ2v) is 4.78. The number of carboxylic acid groups (broad SMARTS) is 1. The van der Waals surface area contributed by atoms with Crippen LogP contribution in [0, 0.1) is 0 Å². The molecule has 1 aromatic rings.